The Morgan fingerprint density at radius 2 is 2.24 bits per heavy atom. The summed E-state index contributed by atoms with van der Waals surface area (Å²) in [6.07, 6.45) is 4.78. The monoisotopic (exact) mass is 234 g/mol. The summed E-state index contributed by atoms with van der Waals surface area (Å²) in [7, 11) is 0. The second-order valence-corrected chi connectivity index (χ2v) is 3.53. The Kier molecular flexibility index (Phi) is 5.64. The van der Waals surface area contributed by atoms with Crippen molar-refractivity contribution in [2.75, 3.05) is 18.9 Å². The van der Waals surface area contributed by atoms with E-state index in [-0.39, 0.29) is 12.5 Å². The van der Waals surface area contributed by atoms with Crippen molar-refractivity contribution in [1.82, 2.24) is 5.32 Å². The third-order valence-electron chi connectivity index (χ3n) is 2.15. The van der Waals surface area contributed by atoms with E-state index in [0.29, 0.717) is 18.0 Å². The van der Waals surface area contributed by atoms with Crippen molar-refractivity contribution in [1.29, 1.82) is 0 Å². The number of para-hydroxylation sites is 2. The van der Waals surface area contributed by atoms with Crippen molar-refractivity contribution in [3.05, 3.63) is 36.4 Å². The van der Waals surface area contributed by atoms with E-state index < -0.39 is 0 Å². The number of anilines is 1. The Hall–Kier alpha value is -1.97. The Balaban J connectivity index is 2.26. The van der Waals surface area contributed by atoms with E-state index in [4.69, 9.17) is 10.5 Å². The minimum atomic E-state index is -0.141. The van der Waals surface area contributed by atoms with E-state index in [2.05, 4.69) is 5.32 Å². The van der Waals surface area contributed by atoms with Crippen LogP contribution in [0.1, 0.15) is 13.3 Å². The molecule has 92 valence electrons. The molecule has 0 saturated carbocycles. The summed E-state index contributed by atoms with van der Waals surface area (Å²) >= 11 is 0. The lowest BCUT2D eigenvalue weighted by molar-refractivity contribution is -0.123. The normalized spacial score (nSPS) is 10.4. The van der Waals surface area contributed by atoms with Crippen molar-refractivity contribution in [3.8, 4) is 5.75 Å². The number of hydrogen-bond acceptors (Lipinski definition) is 3. The van der Waals surface area contributed by atoms with Gasteiger partial charge in [0, 0.05) is 6.54 Å². The quantitative estimate of drug-likeness (QED) is 0.447. The molecule has 0 aliphatic heterocycles. The molecule has 0 saturated heterocycles. The van der Waals surface area contributed by atoms with Gasteiger partial charge in [0.2, 0.25) is 0 Å². The number of hydrogen-bond donors (Lipinski definition) is 2. The average Bonchev–Trinajstić information content (AvgIpc) is 2.34. The Bertz CT molecular complexity index is 389. The highest BCUT2D eigenvalue weighted by Gasteiger charge is 2.03. The summed E-state index contributed by atoms with van der Waals surface area (Å²) in [6.45, 7) is 2.56. The van der Waals surface area contributed by atoms with Gasteiger partial charge in [-0.2, -0.15) is 0 Å². The molecule has 0 radical (unpaired) electrons. The van der Waals surface area contributed by atoms with Gasteiger partial charge in [-0.1, -0.05) is 24.3 Å². The molecule has 0 aliphatic rings. The first-order valence-electron chi connectivity index (χ1n) is 5.59. The molecule has 1 amide bonds. The first kappa shape index (κ1) is 13.1. The SMILES string of the molecule is C/C=C/CCNC(=O)COc1ccccc1N. The first-order valence-corrected chi connectivity index (χ1v) is 5.59. The highest BCUT2D eigenvalue weighted by Crippen LogP contribution is 2.19. The minimum Gasteiger partial charge on any atom is -0.482 e. The van der Waals surface area contributed by atoms with Gasteiger partial charge in [0.25, 0.3) is 5.91 Å². The lowest BCUT2D eigenvalue weighted by Gasteiger charge is -2.08. The third kappa shape index (κ3) is 5.06. The number of nitrogen functional groups attached to an aromatic ring is 1. The van der Waals surface area contributed by atoms with Gasteiger partial charge in [-0.15, -0.1) is 0 Å². The summed E-state index contributed by atoms with van der Waals surface area (Å²) in [5.41, 5.74) is 6.22. The van der Waals surface area contributed by atoms with Crippen LogP contribution >= 0.6 is 0 Å². The zero-order valence-electron chi connectivity index (χ0n) is 9.98. The fourth-order valence-corrected chi connectivity index (χ4v) is 1.27. The zero-order valence-corrected chi connectivity index (χ0v) is 9.98. The maximum atomic E-state index is 11.4. The lowest BCUT2D eigenvalue weighted by Crippen LogP contribution is -2.29. The van der Waals surface area contributed by atoms with Crippen LogP contribution in [0.25, 0.3) is 0 Å². The number of benzene rings is 1. The molecule has 4 heteroatoms. The molecule has 0 unspecified atom stereocenters. The van der Waals surface area contributed by atoms with Crippen LogP contribution in [-0.4, -0.2) is 19.1 Å². The van der Waals surface area contributed by atoms with Crippen LogP contribution < -0.4 is 15.8 Å². The zero-order chi connectivity index (χ0) is 12.5. The van der Waals surface area contributed by atoms with Gasteiger partial charge in [0.15, 0.2) is 6.61 Å². The highest BCUT2D eigenvalue weighted by molar-refractivity contribution is 5.77. The molecular weight excluding hydrogens is 216 g/mol. The number of amides is 1. The Labute approximate surface area is 101 Å². The molecule has 0 aliphatic carbocycles. The Morgan fingerprint density at radius 1 is 1.47 bits per heavy atom. The standard InChI is InChI=1S/C13H18N2O2/c1-2-3-6-9-15-13(16)10-17-12-8-5-4-7-11(12)14/h2-5,7-8H,6,9-10,14H2,1H3,(H,15,16)/b3-2+. The molecule has 0 bridgehead atoms. The van der Waals surface area contributed by atoms with Gasteiger partial charge in [0.05, 0.1) is 5.69 Å². The van der Waals surface area contributed by atoms with Gasteiger partial charge in [-0.25, -0.2) is 0 Å². The van der Waals surface area contributed by atoms with Gasteiger partial charge in [-0.05, 0) is 25.5 Å². The topological polar surface area (TPSA) is 64.3 Å². The molecular formula is C13H18N2O2. The van der Waals surface area contributed by atoms with Gasteiger partial charge < -0.3 is 15.8 Å². The molecule has 1 aromatic carbocycles. The van der Waals surface area contributed by atoms with Crippen LogP contribution in [-0.2, 0) is 4.79 Å². The minimum absolute atomic E-state index is 0.00987. The third-order valence-corrected chi connectivity index (χ3v) is 2.15. The predicted molar refractivity (Wildman–Crippen MR) is 68.8 cm³/mol. The summed E-state index contributed by atoms with van der Waals surface area (Å²) < 4.78 is 5.30. The van der Waals surface area contributed by atoms with Crippen LogP contribution in [0.4, 0.5) is 5.69 Å². The maximum absolute atomic E-state index is 11.4. The van der Waals surface area contributed by atoms with E-state index in [1.54, 1.807) is 12.1 Å². The summed E-state index contributed by atoms with van der Waals surface area (Å²) in [5.74, 6) is 0.397. The molecule has 0 heterocycles. The molecule has 0 aromatic heterocycles. The van der Waals surface area contributed by atoms with E-state index >= 15 is 0 Å². The highest BCUT2D eigenvalue weighted by atomic mass is 16.5. The average molecular weight is 234 g/mol. The fraction of sp³-hybridized carbons (Fsp3) is 0.308. The molecule has 0 spiro atoms. The van der Waals surface area contributed by atoms with Crippen molar-refractivity contribution in [2.24, 2.45) is 0 Å². The van der Waals surface area contributed by atoms with E-state index in [1.807, 2.05) is 31.2 Å². The molecule has 0 atom stereocenters. The number of allylic oxidation sites excluding steroid dienone is 1. The largest absolute Gasteiger partial charge is 0.482 e. The molecule has 1 rings (SSSR count). The van der Waals surface area contributed by atoms with E-state index in [1.165, 1.54) is 0 Å². The molecule has 3 N–H and O–H groups in total. The second-order valence-electron chi connectivity index (χ2n) is 3.53. The molecule has 4 nitrogen and oxygen atoms in total. The number of carbonyl (C=O) groups is 1. The summed E-state index contributed by atoms with van der Waals surface area (Å²) in [4.78, 5) is 11.4. The van der Waals surface area contributed by atoms with Crippen LogP contribution in [0, 0.1) is 0 Å². The number of nitrogens with one attached hydrogen (secondary N) is 1. The summed E-state index contributed by atoms with van der Waals surface area (Å²) in [5, 5.41) is 2.75. The van der Waals surface area contributed by atoms with Gasteiger partial charge >= 0.3 is 0 Å². The number of rotatable bonds is 6. The van der Waals surface area contributed by atoms with Crippen molar-refractivity contribution in [2.45, 2.75) is 13.3 Å². The maximum Gasteiger partial charge on any atom is 0.257 e. The predicted octanol–water partition coefficient (Wildman–Crippen LogP) is 1.73. The van der Waals surface area contributed by atoms with Crippen molar-refractivity contribution < 1.29 is 9.53 Å². The van der Waals surface area contributed by atoms with Crippen LogP contribution in [0.2, 0.25) is 0 Å². The Morgan fingerprint density at radius 3 is 2.94 bits per heavy atom. The molecule has 1 aromatic rings. The van der Waals surface area contributed by atoms with Gasteiger partial charge in [0.1, 0.15) is 5.75 Å². The smallest absolute Gasteiger partial charge is 0.257 e. The molecule has 0 fully saturated rings. The van der Waals surface area contributed by atoms with E-state index in [9.17, 15) is 4.79 Å². The number of carbonyl (C=O) groups excluding carboxylic acids is 1. The first-order chi connectivity index (χ1) is 8.24. The number of ether oxygens (including phenoxy) is 1. The summed E-state index contributed by atoms with van der Waals surface area (Å²) in [6, 6.07) is 7.11. The van der Waals surface area contributed by atoms with Crippen LogP contribution in [0.15, 0.2) is 36.4 Å². The van der Waals surface area contributed by atoms with Crippen molar-refractivity contribution >= 4 is 11.6 Å². The number of nitrogens with two attached hydrogens (primary N) is 1. The van der Waals surface area contributed by atoms with E-state index in [0.717, 1.165) is 6.42 Å². The van der Waals surface area contributed by atoms with Gasteiger partial charge in [-0.3, -0.25) is 4.79 Å². The second kappa shape index (κ2) is 7.33. The fourth-order valence-electron chi connectivity index (χ4n) is 1.27. The van der Waals surface area contributed by atoms with Crippen LogP contribution in [0.3, 0.4) is 0 Å². The lowest BCUT2D eigenvalue weighted by atomic mass is 10.3. The van der Waals surface area contributed by atoms with Crippen molar-refractivity contribution in [3.63, 3.8) is 0 Å². The molecule has 17 heavy (non-hydrogen) atoms. The van der Waals surface area contributed by atoms with Crippen LogP contribution in [0.5, 0.6) is 5.75 Å².